The normalized spacial score (nSPS) is 15.2. The maximum absolute atomic E-state index is 13.6. The summed E-state index contributed by atoms with van der Waals surface area (Å²) in [5, 5.41) is 8.53. The van der Waals surface area contributed by atoms with Gasteiger partial charge in [0.25, 0.3) is 5.67 Å². The number of halogens is 10. The van der Waals surface area contributed by atoms with E-state index >= 15 is 0 Å². The predicted octanol–water partition coefficient (Wildman–Crippen LogP) is 0.518. The van der Waals surface area contributed by atoms with Gasteiger partial charge in [0, 0.05) is 13.0 Å². The smallest absolute Gasteiger partial charge is 0.480 e. The molecule has 0 aliphatic heterocycles. The van der Waals surface area contributed by atoms with Crippen molar-refractivity contribution in [3.8, 4) is 0 Å². The van der Waals surface area contributed by atoms with E-state index < -0.39 is 77.8 Å². The van der Waals surface area contributed by atoms with Crippen LogP contribution in [-0.4, -0.2) is 66.8 Å². The van der Waals surface area contributed by atoms with E-state index in [1.54, 1.807) is 0 Å². The SMILES string of the molecule is CCN(CC(=O)O)S(=O)(=O)CCC(CC(F)(C(F)(F)F)C(F)(F)F)C(F)(F)F.[K+]. The Bertz CT molecular complexity index is 633. The number of hydrogen-bond acceptors (Lipinski definition) is 3. The molecule has 1 unspecified atom stereocenters. The number of carboxylic acid groups (broad SMARTS) is 1. The van der Waals surface area contributed by atoms with Gasteiger partial charge in [0.1, 0.15) is 6.54 Å². The fourth-order valence-corrected chi connectivity index (χ4v) is 3.63. The van der Waals surface area contributed by atoms with Gasteiger partial charge in [-0.1, -0.05) is 6.92 Å². The zero-order chi connectivity index (χ0) is 22.8. The molecule has 0 aromatic rings. The molecule has 0 saturated carbocycles. The van der Waals surface area contributed by atoms with E-state index in [9.17, 15) is 57.1 Å². The molecule has 0 heterocycles. The van der Waals surface area contributed by atoms with Gasteiger partial charge in [-0.25, -0.2) is 12.8 Å². The molecule has 1 atom stereocenters. The second-order valence-corrected chi connectivity index (χ2v) is 7.75. The van der Waals surface area contributed by atoms with Crippen LogP contribution in [0.15, 0.2) is 0 Å². The Kier molecular flexibility index (Phi) is 11.7. The number of carboxylic acids is 1. The summed E-state index contributed by atoms with van der Waals surface area (Å²) in [6.07, 6.45) is -24.2. The second-order valence-electron chi connectivity index (χ2n) is 5.66. The third kappa shape index (κ3) is 8.76. The van der Waals surface area contributed by atoms with Crippen molar-refractivity contribution in [3.05, 3.63) is 0 Å². The summed E-state index contributed by atoms with van der Waals surface area (Å²) in [7, 11) is -4.78. The first kappa shape index (κ1) is 31.5. The molecule has 0 spiro atoms. The van der Waals surface area contributed by atoms with Crippen LogP contribution in [0.1, 0.15) is 19.8 Å². The number of carbonyl (C=O) groups is 1. The molecule has 168 valence electrons. The fraction of sp³-hybridized carbons (Fsp3) is 0.917. The number of sulfonamides is 1. The van der Waals surface area contributed by atoms with Crippen molar-refractivity contribution in [3.63, 3.8) is 0 Å². The molecule has 1 N–H and O–H groups in total. The summed E-state index contributed by atoms with van der Waals surface area (Å²) in [6, 6.07) is 0. The molecule has 0 aromatic carbocycles. The molecule has 0 aliphatic carbocycles. The molecule has 5 nitrogen and oxygen atoms in total. The van der Waals surface area contributed by atoms with Crippen molar-refractivity contribution in [1.29, 1.82) is 0 Å². The average molecular weight is 498 g/mol. The van der Waals surface area contributed by atoms with Crippen molar-refractivity contribution in [2.45, 2.75) is 44.0 Å². The number of rotatable bonds is 9. The predicted molar refractivity (Wildman–Crippen MR) is 73.4 cm³/mol. The third-order valence-electron chi connectivity index (χ3n) is 3.67. The third-order valence-corrected chi connectivity index (χ3v) is 5.60. The van der Waals surface area contributed by atoms with E-state index in [-0.39, 0.29) is 55.7 Å². The van der Waals surface area contributed by atoms with Crippen molar-refractivity contribution < 1.29 is 114 Å². The monoisotopic (exact) mass is 498 g/mol. The van der Waals surface area contributed by atoms with Gasteiger partial charge in [-0.3, -0.25) is 4.79 Å². The molecular weight excluding hydrogens is 483 g/mol. The van der Waals surface area contributed by atoms with Gasteiger partial charge in [0.05, 0.1) is 11.7 Å². The van der Waals surface area contributed by atoms with Gasteiger partial charge in [0.2, 0.25) is 10.0 Å². The van der Waals surface area contributed by atoms with Crippen LogP contribution in [0.2, 0.25) is 0 Å². The zero-order valence-corrected chi connectivity index (χ0v) is 18.9. The first-order valence-electron chi connectivity index (χ1n) is 7.27. The molecule has 0 bridgehead atoms. The Labute approximate surface area is 201 Å². The van der Waals surface area contributed by atoms with Crippen LogP contribution in [0.4, 0.5) is 43.9 Å². The fourth-order valence-electron chi connectivity index (χ4n) is 2.09. The largest absolute Gasteiger partial charge is 1.00 e. The molecule has 0 fully saturated rings. The van der Waals surface area contributed by atoms with Crippen LogP contribution in [0.25, 0.3) is 0 Å². The number of nitrogens with zero attached hydrogens (tertiary/aromatic N) is 1. The van der Waals surface area contributed by atoms with Crippen molar-refractivity contribution in [2.75, 3.05) is 18.8 Å². The molecule has 0 aromatic heterocycles. The van der Waals surface area contributed by atoms with Crippen molar-refractivity contribution >= 4 is 16.0 Å². The summed E-state index contributed by atoms with van der Waals surface area (Å²) >= 11 is 0. The molecule has 17 heteroatoms. The minimum atomic E-state index is -6.73. The first-order valence-corrected chi connectivity index (χ1v) is 8.88. The van der Waals surface area contributed by atoms with Gasteiger partial charge >= 0.3 is 75.9 Å². The Morgan fingerprint density at radius 3 is 1.66 bits per heavy atom. The van der Waals surface area contributed by atoms with Crippen LogP contribution in [-0.2, 0) is 14.8 Å². The van der Waals surface area contributed by atoms with Gasteiger partial charge in [-0.05, 0) is 6.42 Å². The van der Waals surface area contributed by atoms with E-state index in [2.05, 4.69) is 0 Å². The molecule has 0 amide bonds. The van der Waals surface area contributed by atoms with Gasteiger partial charge in [0.15, 0.2) is 0 Å². The zero-order valence-electron chi connectivity index (χ0n) is 14.9. The summed E-state index contributed by atoms with van der Waals surface area (Å²) in [5.74, 6) is -6.95. The number of aliphatic carboxylic acids is 1. The Morgan fingerprint density at radius 2 is 1.38 bits per heavy atom. The molecule has 0 rings (SSSR count). The van der Waals surface area contributed by atoms with Crippen LogP contribution in [0, 0.1) is 5.92 Å². The quantitative estimate of drug-likeness (QED) is 0.372. The molecule has 0 saturated heterocycles. The van der Waals surface area contributed by atoms with Gasteiger partial charge < -0.3 is 5.11 Å². The number of alkyl halides is 10. The van der Waals surface area contributed by atoms with Gasteiger partial charge in [-0.2, -0.15) is 43.8 Å². The second kappa shape index (κ2) is 10.8. The molecular formula is C12H15F10KNO4S+. The number of likely N-dealkylation sites (N-methyl/N-ethyl adjacent to an activating group) is 1. The first-order chi connectivity index (χ1) is 12.2. The Hall–Kier alpha value is 0.316. The standard InChI is InChI=1S/C12H15F10NO4S.K/c1-2-23(6-8(24)25)28(26,27)4-3-7(10(14,15)16)5-9(13,11(17,18)19)12(20,21)22;/h7H,2-6H2,1H3,(H,24,25);/q;+1. The summed E-state index contributed by atoms with van der Waals surface area (Å²) in [6.45, 7) is -0.626. The summed E-state index contributed by atoms with van der Waals surface area (Å²) in [4.78, 5) is 10.5. The van der Waals surface area contributed by atoms with Crippen LogP contribution in [0.3, 0.4) is 0 Å². The Morgan fingerprint density at radius 1 is 0.966 bits per heavy atom. The Balaban J connectivity index is 0. The molecule has 0 radical (unpaired) electrons. The van der Waals surface area contributed by atoms with Crippen LogP contribution < -0.4 is 51.4 Å². The topological polar surface area (TPSA) is 74.7 Å². The maximum Gasteiger partial charge on any atom is 1.00 e. The van der Waals surface area contributed by atoms with Crippen molar-refractivity contribution in [1.82, 2.24) is 4.31 Å². The van der Waals surface area contributed by atoms with Crippen molar-refractivity contribution in [2.24, 2.45) is 5.92 Å². The van der Waals surface area contributed by atoms with E-state index in [0.717, 1.165) is 6.92 Å². The molecule has 29 heavy (non-hydrogen) atoms. The maximum atomic E-state index is 13.6. The summed E-state index contributed by atoms with van der Waals surface area (Å²) < 4.78 is 151. The minimum absolute atomic E-state index is 0. The van der Waals surface area contributed by atoms with E-state index in [1.165, 1.54) is 0 Å². The summed E-state index contributed by atoms with van der Waals surface area (Å²) in [5.41, 5.74) is -6.21. The van der Waals surface area contributed by atoms with Gasteiger partial charge in [-0.15, -0.1) is 0 Å². The average Bonchev–Trinajstić information content (AvgIpc) is 2.44. The van der Waals surface area contributed by atoms with Crippen LogP contribution in [0.5, 0.6) is 0 Å². The van der Waals surface area contributed by atoms with Crippen LogP contribution >= 0.6 is 0 Å². The van der Waals surface area contributed by atoms with E-state index in [4.69, 9.17) is 5.11 Å². The molecule has 0 aliphatic rings. The minimum Gasteiger partial charge on any atom is -0.480 e. The van der Waals surface area contributed by atoms with E-state index in [0.29, 0.717) is 0 Å². The number of hydrogen-bond donors (Lipinski definition) is 1. The van der Waals surface area contributed by atoms with E-state index in [1.807, 2.05) is 0 Å².